The van der Waals surface area contributed by atoms with Crippen LogP contribution < -0.4 is 0 Å². The van der Waals surface area contributed by atoms with Crippen LogP contribution in [0.4, 0.5) is 0 Å². The van der Waals surface area contributed by atoms with Crippen LogP contribution in [-0.2, 0) is 16.1 Å². The van der Waals surface area contributed by atoms with Crippen molar-refractivity contribution < 1.29 is 24.0 Å². The Bertz CT molecular complexity index is 671. The Kier molecular flexibility index (Phi) is 7.38. The molecule has 2 rings (SSSR count). The average Bonchev–Trinajstić information content (AvgIpc) is 2.95. The third-order valence-electron chi connectivity index (χ3n) is 3.55. The molecule has 0 aliphatic heterocycles. The number of carboxylic acid groups (broad SMARTS) is 1. The van der Waals surface area contributed by atoms with Crippen molar-refractivity contribution in [2.75, 3.05) is 6.61 Å². The van der Waals surface area contributed by atoms with E-state index in [1.807, 2.05) is 52.9 Å². The molecule has 1 aromatic carbocycles. The maximum Gasteiger partial charge on any atom is 0.304 e. The molecule has 0 saturated carbocycles. The zero-order chi connectivity index (χ0) is 17.4. The van der Waals surface area contributed by atoms with Gasteiger partial charge in [-0.1, -0.05) is 35.5 Å². The number of aldehydes is 1. The summed E-state index contributed by atoms with van der Waals surface area (Å²) in [6.45, 7) is 1.06. The number of hydrogen-bond donors (Lipinski definition) is 1. The van der Waals surface area contributed by atoms with E-state index in [-0.39, 0.29) is 18.1 Å². The van der Waals surface area contributed by atoms with Gasteiger partial charge in [-0.2, -0.15) is 0 Å². The van der Waals surface area contributed by atoms with Crippen LogP contribution in [0.2, 0.25) is 0 Å². The van der Waals surface area contributed by atoms with Crippen LogP contribution in [0.25, 0.3) is 0 Å². The van der Waals surface area contributed by atoms with E-state index in [0.717, 1.165) is 5.56 Å². The van der Waals surface area contributed by atoms with E-state index in [4.69, 9.17) is 14.4 Å². The molecule has 0 saturated heterocycles. The van der Waals surface area contributed by atoms with Crippen molar-refractivity contribution in [3.8, 4) is 0 Å². The number of aliphatic carboxylic acids is 1. The molecule has 0 radical (unpaired) electrons. The molecule has 128 valence electrons. The van der Waals surface area contributed by atoms with Crippen LogP contribution in [-0.4, -0.2) is 29.1 Å². The molecular weight excluding hydrogens is 425 g/mol. The van der Waals surface area contributed by atoms with E-state index >= 15 is 0 Å². The predicted octanol–water partition coefficient (Wildman–Crippen LogP) is 3.65. The van der Waals surface area contributed by atoms with Crippen molar-refractivity contribution in [1.29, 1.82) is 0 Å². The molecule has 1 atom stereocenters. The molecule has 0 fully saturated rings. The average molecular weight is 443 g/mol. The number of ether oxygens (including phenoxy) is 1. The minimum absolute atomic E-state index is 0.0560. The Morgan fingerprint density at radius 2 is 2.12 bits per heavy atom. The smallest absolute Gasteiger partial charge is 0.304 e. The summed E-state index contributed by atoms with van der Waals surface area (Å²) in [6, 6.07) is 9.85. The van der Waals surface area contributed by atoms with E-state index in [1.54, 1.807) is 0 Å². The summed E-state index contributed by atoms with van der Waals surface area (Å²) in [5.74, 6) is -1.06. The SMILES string of the molecule is O=Cc1onc([C@@H](CCCOCc2ccccc2)CC(=O)O)c1I. The Balaban J connectivity index is 1.86. The van der Waals surface area contributed by atoms with Gasteiger partial charge in [-0.3, -0.25) is 9.59 Å². The highest BCUT2D eigenvalue weighted by molar-refractivity contribution is 14.1. The maximum absolute atomic E-state index is 11.1. The minimum Gasteiger partial charge on any atom is -0.481 e. The molecule has 1 heterocycles. The van der Waals surface area contributed by atoms with Crippen LogP contribution in [0.5, 0.6) is 0 Å². The second-order valence-corrected chi connectivity index (χ2v) is 6.42. The second-order valence-electron chi connectivity index (χ2n) is 5.34. The summed E-state index contributed by atoms with van der Waals surface area (Å²) in [4.78, 5) is 21.9. The van der Waals surface area contributed by atoms with Gasteiger partial charge >= 0.3 is 5.97 Å². The van der Waals surface area contributed by atoms with Crippen LogP contribution in [0.3, 0.4) is 0 Å². The van der Waals surface area contributed by atoms with E-state index in [1.165, 1.54) is 0 Å². The van der Waals surface area contributed by atoms with E-state index in [2.05, 4.69) is 5.16 Å². The van der Waals surface area contributed by atoms with Crippen molar-refractivity contribution in [2.45, 2.75) is 31.8 Å². The Morgan fingerprint density at radius 1 is 1.38 bits per heavy atom. The van der Waals surface area contributed by atoms with Crippen LogP contribution >= 0.6 is 22.6 Å². The molecule has 2 aromatic rings. The molecule has 0 unspecified atom stereocenters. The predicted molar refractivity (Wildman–Crippen MR) is 94.9 cm³/mol. The van der Waals surface area contributed by atoms with E-state index in [9.17, 15) is 9.59 Å². The summed E-state index contributed by atoms with van der Waals surface area (Å²) in [6.07, 6.45) is 1.82. The standard InChI is InChI=1S/C17H18INO5/c18-16-14(10-20)24-19-17(16)13(9-15(21)22)7-4-8-23-11-12-5-2-1-3-6-12/h1-3,5-6,10,13H,4,7-9,11H2,(H,21,22)/t13-/m0/s1. The van der Waals surface area contributed by atoms with Gasteiger partial charge < -0.3 is 14.4 Å². The summed E-state index contributed by atoms with van der Waals surface area (Å²) in [5.41, 5.74) is 1.63. The monoisotopic (exact) mass is 443 g/mol. The van der Waals surface area contributed by atoms with Crippen molar-refractivity contribution in [1.82, 2.24) is 5.16 Å². The summed E-state index contributed by atoms with van der Waals surface area (Å²) < 4.78 is 11.1. The topological polar surface area (TPSA) is 89.6 Å². The van der Waals surface area contributed by atoms with Gasteiger partial charge in [-0.05, 0) is 41.0 Å². The summed E-state index contributed by atoms with van der Waals surface area (Å²) >= 11 is 1.96. The van der Waals surface area contributed by atoms with Gasteiger partial charge in [0.1, 0.15) is 5.69 Å². The first kappa shape index (κ1) is 18.6. The molecule has 1 aromatic heterocycles. The van der Waals surface area contributed by atoms with Crippen molar-refractivity contribution >= 4 is 34.8 Å². The van der Waals surface area contributed by atoms with Gasteiger partial charge in [-0.15, -0.1) is 0 Å². The number of carboxylic acids is 1. The van der Waals surface area contributed by atoms with Crippen molar-refractivity contribution in [3.05, 3.63) is 50.9 Å². The molecule has 0 spiro atoms. The molecule has 0 aliphatic carbocycles. The van der Waals surface area contributed by atoms with Gasteiger partial charge in [0.2, 0.25) is 5.76 Å². The third-order valence-corrected chi connectivity index (χ3v) is 4.64. The number of rotatable bonds is 10. The van der Waals surface area contributed by atoms with Crippen molar-refractivity contribution in [3.63, 3.8) is 0 Å². The van der Waals surface area contributed by atoms with Gasteiger partial charge in [-0.25, -0.2) is 0 Å². The Labute approximate surface area is 153 Å². The van der Waals surface area contributed by atoms with Gasteiger partial charge in [0, 0.05) is 12.5 Å². The normalized spacial score (nSPS) is 12.0. The lowest BCUT2D eigenvalue weighted by molar-refractivity contribution is -0.137. The first-order valence-electron chi connectivity index (χ1n) is 7.55. The zero-order valence-corrected chi connectivity index (χ0v) is 15.1. The van der Waals surface area contributed by atoms with Gasteiger partial charge in [0.15, 0.2) is 6.29 Å². The second kappa shape index (κ2) is 9.53. The Hall–Kier alpha value is -1.74. The molecule has 24 heavy (non-hydrogen) atoms. The van der Waals surface area contributed by atoms with Crippen LogP contribution in [0.15, 0.2) is 34.9 Å². The number of carbonyl (C=O) groups is 2. The lowest BCUT2D eigenvalue weighted by Gasteiger charge is -2.12. The summed E-state index contributed by atoms with van der Waals surface area (Å²) in [7, 11) is 0. The van der Waals surface area contributed by atoms with Crippen molar-refractivity contribution in [2.24, 2.45) is 0 Å². The number of aromatic nitrogens is 1. The molecule has 7 heteroatoms. The number of nitrogens with zero attached hydrogens (tertiary/aromatic N) is 1. The molecule has 0 aliphatic rings. The molecular formula is C17H18INO5. The fraction of sp³-hybridized carbons (Fsp3) is 0.353. The maximum atomic E-state index is 11.1. The molecule has 0 amide bonds. The van der Waals surface area contributed by atoms with E-state index in [0.29, 0.717) is 41.6 Å². The van der Waals surface area contributed by atoms with Crippen LogP contribution in [0, 0.1) is 3.57 Å². The first-order valence-corrected chi connectivity index (χ1v) is 8.63. The first-order chi connectivity index (χ1) is 11.6. The number of halogens is 1. The molecule has 6 nitrogen and oxygen atoms in total. The lowest BCUT2D eigenvalue weighted by atomic mass is 9.96. The fourth-order valence-electron chi connectivity index (χ4n) is 2.37. The van der Waals surface area contributed by atoms with Crippen LogP contribution in [0.1, 0.15) is 47.0 Å². The highest BCUT2D eigenvalue weighted by atomic mass is 127. The van der Waals surface area contributed by atoms with Gasteiger partial charge in [0.05, 0.1) is 16.6 Å². The van der Waals surface area contributed by atoms with E-state index < -0.39 is 5.97 Å². The Morgan fingerprint density at radius 3 is 2.75 bits per heavy atom. The highest BCUT2D eigenvalue weighted by Gasteiger charge is 2.24. The number of carbonyl (C=O) groups excluding carboxylic acids is 1. The number of benzene rings is 1. The number of hydrogen-bond acceptors (Lipinski definition) is 5. The highest BCUT2D eigenvalue weighted by Crippen LogP contribution is 2.29. The molecule has 0 bridgehead atoms. The lowest BCUT2D eigenvalue weighted by Crippen LogP contribution is -2.09. The third kappa shape index (κ3) is 5.41. The zero-order valence-electron chi connectivity index (χ0n) is 13.0. The van der Waals surface area contributed by atoms with Gasteiger partial charge in [0.25, 0.3) is 0 Å². The molecule has 1 N–H and O–H groups in total. The quantitative estimate of drug-likeness (QED) is 0.343. The minimum atomic E-state index is -0.906. The largest absolute Gasteiger partial charge is 0.481 e. The fourth-order valence-corrected chi connectivity index (χ4v) is 3.14. The summed E-state index contributed by atoms with van der Waals surface area (Å²) in [5, 5.41) is 13.0.